The second-order valence-electron chi connectivity index (χ2n) is 3.92. The summed E-state index contributed by atoms with van der Waals surface area (Å²) in [5, 5.41) is 12.8. The number of benzene rings is 1. The van der Waals surface area contributed by atoms with Gasteiger partial charge in [0.25, 0.3) is 0 Å². The highest BCUT2D eigenvalue weighted by Crippen LogP contribution is 2.10. The number of nitrogens with one attached hydrogen (secondary N) is 1. The summed E-state index contributed by atoms with van der Waals surface area (Å²) in [5.74, 6) is 0. The molecule has 16 heavy (non-hydrogen) atoms. The van der Waals surface area contributed by atoms with E-state index >= 15 is 0 Å². The van der Waals surface area contributed by atoms with Crippen molar-refractivity contribution < 1.29 is 9.84 Å². The van der Waals surface area contributed by atoms with Gasteiger partial charge in [0.2, 0.25) is 0 Å². The van der Waals surface area contributed by atoms with Crippen molar-refractivity contribution in [2.45, 2.75) is 26.1 Å². The highest BCUT2D eigenvalue weighted by atomic mass is 127. The molecule has 0 aliphatic carbocycles. The van der Waals surface area contributed by atoms with Crippen molar-refractivity contribution in [1.82, 2.24) is 0 Å². The van der Waals surface area contributed by atoms with Crippen LogP contribution in [0.4, 0.5) is 5.69 Å². The average Bonchev–Trinajstić information content (AvgIpc) is 2.25. The van der Waals surface area contributed by atoms with E-state index in [1.54, 1.807) is 0 Å². The monoisotopic (exact) mass is 335 g/mol. The molecule has 1 atom stereocenters. The zero-order chi connectivity index (χ0) is 12.0. The summed E-state index contributed by atoms with van der Waals surface area (Å²) in [6, 6.07) is 8.05. The van der Waals surface area contributed by atoms with Crippen molar-refractivity contribution in [3.05, 3.63) is 27.8 Å². The van der Waals surface area contributed by atoms with Crippen LogP contribution in [0, 0.1) is 3.57 Å². The largest absolute Gasteiger partial charge is 0.389 e. The minimum atomic E-state index is -0.471. The van der Waals surface area contributed by atoms with Gasteiger partial charge in [0.1, 0.15) is 0 Å². The number of ether oxygens (including phenoxy) is 1. The second kappa shape index (κ2) is 7.09. The van der Waals surface area contributed by atoms with E-state index in [0.717, 1.165) is 5.69 Å². The van der Waals surface area contributed by atoms with Gasteiger partial charge < -0.3 is 15.2 Å². The van der Waals surface area contributed by atoms with Crippen LogP contribution in [-0.2, 0) is 4.74 Å². The van der Waals surface area contributed by atoms with Crippen LogP contribution in [0.1, 0.15) is 13.8 Å². The average molecular weight is 335 g/mol. The van der Waals surface area contributed by atoms with E-state index in [1.807, 2.05) is 38.1 Å². The third-order valence-electron chi connectivity index (χ3n) is 2.01. The first-order chi connectivity index (χ1) is 7.58. The molecule has 0 saturated carbocycles. The Balaban J connectivity index is 2.26. The number of aliphatic hydroxyl groups is 1. The van der Waals surface area contributed by atoms with Crippen LogP contribution in [-0.4, -0.2) is 30.5 Å². The molecule has 1 rings (SSSR count). The van der Waals surface area contributed by atoms with Crippen molar-refractivity contribution in [2.75, 3.05) is 18.5 Å². The lowest BCUT2D eigenvalue weighted by atomic mass is 10.3. The lowest BCUT2D eigenvalue weighted by Gasteiger charge is -2.14. The molecule has 4 heteroatoms. The molecule has 0 heterocycles. The Hall–Kier alpha value is -0.330. The van der Waals surface area contributed by atoms with Crippen LogP contribution in [0.2, 0.25) is 0 Å². The van der Waals surface area contributed by atoms with Gasteiger partial charge in [-0.15, -0.1) is 0 Å². The predicted molar refractivity (Wildman–Crippen MR) is 74.7 cm³/mol. The topological polar surface area (TPSA) is 41.5 Å². The Labute approximate surface area is 110 Å². The highest BCUT2D eigenvalue weighted by Gasteiger charge is 2.05. The standard InChI is InChI=1S/C12H18INO2/c1-9(2)16-8-12(15)7-14-11-5-3-10(13)4-6-11/h3-6,9,12,14-15H,7-8H2,1-2H3. The zero-order valence-electron chi connectivity index (χ0n) is 9.61. The molecular weight excluding hydrogens is 317 g/mol. The van der Waals surface area contributed by atoms with Crippen molar-refractivity contribution >= 4 is 28.3 Å². The van der Waals surface area contributed by atoms with Crippen LogP contribution in [0.25, 0.3) is 0 Å². The van der Waals surface area contributed by atoms with Crippen molar-refractivity contribution in [3.8, 4) is 0 Å². The summed E-state index contributed by atoms with van der Waals surface area (Å²) in [4.78, 5) is 0. The molecule has 0 fully saturated rings. The smallest absolute Gasteiger partial charge is 0.0945 e. The molecule has 1 unspecified atom stereocenters. The minimum absolute atomic E-state index is 0.160. The van der Waals surface area contributed by atoms with Gasteiger partial charge in [0.15, 0.2) is 0 Å². The van der Waals surface area contributed by atoms with Crippen molar-refractivity contribution in [1.29, 1.82) is 0 Å². The maximum absolute atomic E-state index is 9.62. The number of aliphatic hydroxyl groups excluding tert-OH is 1. The molecule has 2 N–H and O–H groups in total. The van der Waals surface area contributed by atoms with E-state index in [4.69, 9.17) is 4.74 Å². The Morgan fingerprint density at radius 2 is 1.94 bits per heavy atom. The van der Waals surface area contributed by atoms with E-state index in [2.05, 4.69) is 27.9 Å². The molecular formula is C12H18INO2. The number of rotatable bonds is 6. The molecule has 0 radical (unpaired) electrons. The van der Waals surface area contributed by atoms with Gasteiger partial charge in [0, 0.05) is 15.8 Å². The van der Waals surface area contributed by atoms with Gasteiger partial charge >= 0.3 is 0 Å². The SMILES string of the molecule is CC(C)OCC(O)CNc1ccc(I)cc1. The molecule has 0 saturated heterocycles. The summed E-state index contributed by atoms with van der Waals surface area (Å²) in [5.41, 5.74) is 1.02. The summed E-state index contributed by atoms with van der Waals surface area (Å²) in [7, 11) is 0. The van der Waals surface area contributed by atoms with Gasteiger partial charge in [-0.05, 0) is 60.7 Å². The summed E-state index contributed by atoms with van der Waals surface area (Å²) < 4.78 is 6.52. The molecule has 0 aliphatic rings. The number of anilines is 1. The van der Waals surface area contributed by atoms with E-state index in [9.17, 15) is 5.11 Å². The normalized spacial score (nSPS) is 12.8. The number of halogens is 1. The van der Waals surface area contributed by atoms with Crippen LogP contribution < -0.4 is 5.32 Å². The molecule has 0 aromatic heterocycles. The minimum Gasteiger partial charge on any atom is -0.389 e. The van der Waals surface area contributed by atoms with E-state index in [0.29, 0.717) is 13.2 Å². The molecule has 0 amide bonds. The quantitative estimate of drug-likeness (QED) is 0.785. The first-order valence-corrected chi connectivity index (χ1v) is 6.45. The maximum Gasteiger partial charge on any atom is 0.0945 e. The van der Waals surface area contributed by atoms with E-state index in [-0.39, 0.29) is 6.10 Å². The van der Waals surface area contributed by atoms with Crippen LogP contribution in [0.5, 0.6) is 0 Å². The lowest BCUT2D eigenvalue weighted by molar-refractivity contribution is 0.0112. The van der Waals surface area contributed by atoms with Gasteiger partial charge in [-0.2, -0.15) is 0 Å². The van der Waals surface area contributed by atoms with Crippen LogP contribution >= 0.6 is 22.6 Å². The summed E-state index contributed by atoms with van der Waals surface area (Å²) in [6.45, 7) is 4.79. The summed E-state index contributed by atoms with van der Waals surface area (Å²) in [6.07, 6.45) is -0.311. The Kier molecular flexibility index (Phi) is 6.08. The molecule has 3 nitrogen and oxygen atoms in total. The molecule has 1 aromatic carbocycles. The van der Waals surface area contributed by atoms with Crippen LogP contribution in [0.15, 0.2) is 24.3 Å². The van der Waals surface area contributed by atoms with Gasteiger partial charge in [-0.3, -0.25) is 0 Å². The first kappa shape index (κ1) is 13.7. The summed E-state index contributed by atoms with van der Waals surface area (Å²) >= 11 is 2.26. The Morgan fingerprint density at radius 3 is 2.50 bits per heavy atom. The Morgan fingerprint density at radius 1 is 1.31 bits per heavy atom. The maximum atomic E-state index is 9.62. The van der Waals surface area contributed by atoms with E-state index in [1.165, 1.54) is 3.57 Å². The third kappa shape index (κ3) is 5.67. The Bertz CT molecular complexity index is 300. The predicted octanol–water partition coefficient (Wildman–Crippen LogP) is 2.49. The van der Waals surface area contributed by atoms with Gasteiger partial charge in [0.05, 0.1) is 18.8 Å². The fourth-order valence-electron chi connectivity index (χ4n) is 1.17. The lowest BCUT2D eigenvalue weighted by Crippen LogP contribution is -2.26. The molecule has 0 aliphatic heterocycles. The molecule has 0 spiro atoms. The fourth-order valence-corrected chi connectivity index (χ4v) is 1.53. The first-order valence-electron chi connectivity index (χ1n) is 5.37. The van der Waals surface area contributed by atoms with Gasteiger partial charge in [-0.25, -0.2) is 0 Å². The fraction of sp³-hybridized carbons (Fsp3) is 0.500. The van der Waals surface area contributed by atoms with Crippen molar-refractivity contribution in [2.24, 2.45) is 0 Å². The highest BCUT2D eigenvalue weighted by molar-refractivity contribution is 14.1. The van der Waals surface area contributed by atoms with E-state index < -0.39 is 6.10 Å². The zero-order valence-corrected chi connectivity index (χ0v) is 11.8. The third-order valence-corrected chi connectivity index (χ3v) is 2.73. The molecule has 1 aromatic rings. The molecule has 90 valence electrons. The van der Waals surface area contributed by atoms with Crippen LogP contribution in [0.3, 0.4) is 0 Å². The second-order valence-corrected chi connectivity index (χ2v) is 5.17. The van der Waals surface area contributed by atoms with Crippen molar-refractivity contribution in [3.63, 3.8) is 0 Å². The number of hydrogen-bond donors (Lipinski definition) is 2. The van der Waals surface area contributed by atoms with Gasteiger partial charge in [-0.1, -0.05) is 0 Å². The number of hydrogen-bond acceptors (Lipinski definition) is 3. The molecule has 0 bridgehead atoms.